The molecule has 1 aliphatic rings. The Morgan fingerprint density at radius 2 is 1.57 bits per heavy atom. The third-order valence-electron chi connectivity index (χ3n) is 5.13. The summed E-state index contributed by atoms with van der Waals surface area (Å²) >= 11 is 1.47. The Bertz CT molecular complexity index is 1020. The molecule has 7 heteroatoms. The number of hydrogen-bond acceptors (Lipinski definition) is 5. The first-order valence-corrected chi connectivity index (χ1v) is 10.7. The van der Waals surface area contributed by atoms with Crippen molar-refractivity contribution in [3.63, 3.8) is 0 Å². The highest BCUT2D eigenvalue weighted by atomic mass is 32.2. The maximum atomic E-state index is 12.2. The Kier molecular flexibility index (Phi) is 5.90. The van der Waals surface area contributed by atoms with Crippen LogP contribution in [0.1, 0.15) is 17.0 Å². The lowest BCUT2D eigenvalue weighted by Gasteiger charge is -2.15. The van der Waals surface area contributed by atoms with Gasteiger partial charge in [0.1, 0.15) is 14.5 Å². The van der Waals surface area contributed by atoms with Crippen LogP contribution >= 0.6 is 11.8 Å². The zero-order chi connectivity index (χ0) is 21.1. The number of nitrogens with one attached hydrogen (secondary N) is 1. The van der Waals surface area contributed by atoms with E-state index in [0.29, 0.717) is 35.7 Å². The third-order valence-corrected chi connectivity index (χ3v) is 6.30. The molecule has 150 valence electrons. The zero-order valence-corrected chi connectivity index (χ0v) is 17.2. The van der Waals surface area contributed by atoms with E-state index in [9.17, 15) is 4.79 Å². The molecule has 0 saturated carbocycles. The average Bonchev–Trinajstić information content (AvgIpc) is 3.05. The number of ether oxygens (including phenoxy) is 1. The molecule has 0 bridgehead atoms. The van der Waals surface area contributed by atoms with Crippen molar-refractivity contribution in [2.24, 2.45) is 0 Å². The molecule has 2 radical (unpaired) electrons. The fourth-order valence-corrected chi connectivity index (χ4v) is 4.68. The summed E-state index contributed by atoms with van der Waals surface area (Å²) in [5, 5.41) is 2.79. The van der Waals surface area contributed by atoms with Crippen molar-refractivity contribution in [1.29, 1.82) is 0 Å². The summed E-state index contributed by atoms with van der Waals surface area (Å²) in [5.74, 6) is 0.662. The molecule has 5 nitrogen and oxygen atoms in total. The molecule has 0 spiro atoms. The molecule has 3 aromatic rings. The lowest BCUT2D eigenvalue weighted by molar-refractivity contribution is 0.143. The summed E-state index contributed by atoms with van der Waals surface area (Å²) in [6.07, 6.45) is -0.435. The predicted molar refractivity (Wildman–Crippen MR) is 124 cm³/mol. The van der Waals surface area contributed by atoms with Gasteiger partial charge in [0.25, 0.3) is 0 Å². The van der Waals surface area contributed by atoms with E-state index in [-0.39, 0.29) is 5.92 Å². The van der Waals surface area contributed by atoms with Crippen molar-refractivity contribution in [2.75, 3.05) is 30.4 Å². The van der Waals surface area contributed by atoms with E-state index >= 15 is 0 Å². The van der Waals surface area contributed by atoms with Crippen molar-refractivity contribution >= 4 is 42.5 Å². The van der Waals surface area contributed by atoms with Crippen LogP contribution in [0.5, 0.6) is 0 Å². The number of nitrogen functional groups attached to an aromatic ring is 2. The van der Waals surface area contributed by atoms with Gasteiger partial charge in [-0.25, -0.2) is 4.79 Å². The summed E-state index contributed by atoms with van der Waals surface area (Å²) in [7, 11) is 5.72. The van der Waals surface area contributed by atoms with Crippen molar-refractivity contribution in [2.45, 2.75) is 10.8 Å². The fourth-order valence-electron chi connectivity index (χ4n) is 3.82. The minimum absolute atomic E-state index is 0.0481. The average molecular weight is 415 g/mol. The van der Waals surface area contributed by atoms with Crippen LogP contribution in [0, 0.1) is 0 Å². The SMILES string of the molecule is [B]c1cc(N)c(SCCNC(=O)OCC2c3ccccc3-c3ccccc32)c(N)c1. The fraction of sp³-hybridized carbons (Fsp3) is 0.174. The Balaban J connectivity index is 1.30. The monoisotopic (exact) mass is 415 g/mol. The van der Waals surface area contributed by atoms with E-state index in [1.807, 2.05) is 24.3 Å². The number of carbonyl (C=O) groups excluding carboxylic acids is 1. The number of carbonyl (C=O) groups is 1. The number of thioether (sulfide) groups is 1. The lowest BCUT2D eigenvalue weighted by Crippen LogP contribution is -2.28. The molecule has 0 aliphatic heterocycles. The summed E-state index contributed by atoms with van der Waals surface area (Å²) in [5.41, 5.74) is 18.3. The van der Waals surface area contributed by atoms with Crippen LogP contribution in [0.4, 0.5) is 16.2 Å². The van der Waals surface area contributed by atoms with E-state index in [0.717, 1.165) is 4.90 Å². The van der Waals surface area contributed by atoms with Gasteiger partial charge in [-0.15, -0.1) is 11.8 Å². The summed E-state index contributed by atoms with van der Waals surface area (Å²) in [6, 6.07) is 19.9. The highest BCUT2D eigenvalue weighted by Crippen LogP contribution is 2.44. The lowest BCUT2D eigenvalue weighted by atomic mass is 9.95. The number of rotatable bonds is 6. The first-order chi connectivity index (χ1) is 14.5. The molecule has 3 aromatic carbocycles. The molecule has 0 fully saturated rings. The van der Waals surface area contributed by atoms with Crippen molar-refractivity contribution in [3.8, 4) is 11.1 Å². The first-order valence-electron chi connectivity index (χ1n) is 9.70. The molecule has 30 heavy (non-hydrogen) atoms. The number of benzene rings is 3. The molecule has 0 heterocycles. The number of hydrogen-bond donors (Lipinski definition) is 3. The topological polar surface area (TPSA) is 90.4 Å². The summed E-state index contributed by atoms with van der Waals surface area (Å²) in [4.78, 5) is 13.0. The van der Waals surface area contributed by atoms with Crippen molar-refractivity contribution in [1.82, 2.24) is 5.32 Å². The van der Waals surface area contributed by atoms with Gasteiger partial charge >= 0.3 is 6.09 Å². The minimum Gasteiger partial charge on any atom is -0.449 e. The van der Waals surface area contributed by atoms with Crippen LogP contribution in [0.25, 0.3) is 11.1 Å². The molecule has 5 N–H and O–H groups in total. The summed E-state index contributed by atoms with van der Waals surface area (Å²) in [6.45, 7) is 0.732. The Morgan fingerprint density at radius 1 is 1.00 bits per heavy atom. The molecule has 0 aromatic heterocycles. The van der Waals surface area contributed by atoms with Gasteiger partial charge in [0, 0.05) is 29.6 Å². The van der Waals surface area contributed by atoms with Crippen molar-refractivity contribution < 1.29 is 9.53 Å². The van der Waals surface area contributed by atoms with E-state index in [4.69, 9.17) is 24.1 Å². The van der Waals surface area contributed by atoms with E-state index in [2.05, 4.69) is 29.6 Å². The quantitative estimate of drug-likeness (QED) is 0.249. The molecule has 1 amide bonds. The van der Waals surface area contributed by atoms with Crippen LogP contribution in [0.15, 0.2) is 65.6 Å². The number of alkyl carbamates (subject to hydrolysis) is 1. The molecular weight excluding hydrogens is 393 g/mol. The first kappa shape index (κ1) is 20.2. The Morgan fingerprint density at radius 3 is 2.17 bits per heavy atom. The van der Waals surface area contributed by atoms with Crippen LogP contribution in [0.3, 0.4) is 0 Å². The molecule has 1 aliphatic carbocycles. The highest BCUT2D eigenvalue weighted by Gasteiger charge is 2.28. The largest absolute Gasteiger partial charge is 0.449 e. The zero-order valence-electron chi connectivity index (χ0n) is 16.4. The number of anilines is 2. The van der Waals surface area contributed by atoms with E-state index in [1.165, 1.54) is 34.0 Å². The van der Waals surface area contributed by atoms with Gasteiger partial charge in [0.2, 0.25) is 0 Å². The predicted octanol–water partition coefficient (Wildman–Crippen LogP) is 3.28. The normalized spacial score (nSPS) is 12.3. The van der Waals surface area contributed by atoms with Crippen molar-refractivity contribution in [3.05, 3.63) is 71.8 Å². The van der Waals surface area contributed by atoms with Crippen LogP contribution in [0.2, 0.25) is 0 Å². The van der Waals surface area contributed by atoms with Gasteiger partial charge < -0.3 is 21.5 Å². The Labute approximate surface area is 181 Å². The maximum Gasteiger partial charge on any atom is 0.407 e. The second kappa shape index (κ2) is 8.75. The number of nitrogens with two attached hydrogens (primary N) is 2. The van der Waals surface area contributed by atoms with Gasteiger partial charge in [-0.1, -0.05) is 54.0 Å². The van der Waals surface area contributed by atoms with Crippen LogP contribution in [-0.4, -0.2) is 32.8 Å². The van der Waals surface area contributed by atoms with Gasteiger partial charge in [-0.05, 0) is 34.4 Å². The Hall–Kier alpha value is -3.06. The minimum atomic E-state index is -0.435. The van der Waals surface area contributed by atoms with Crippen LogP contribution < -0.4 is 22.2 Å². The molecule has 0 unspecified atom stereocenters. The third kappa shape index (κ3) is 4.12. The second-order valence-corrected chi connectivity index (χ2v) is 8.23. The highest BCUT2D eigenvalue weighted by molar-refractivity contribution is 7.99. The maximum absolute atomic E-state index is 12.2. The van der Waals surface area contributed by atoms with Gasteiger partial charge in [-0.3, -0.25) is 0 Å². The molecule has 0 saturated heterocycles. The summed E-state index contributed by atoms with van der Waals surface area (Å²) < 4.78 is 5.53. The van der Waals surface area contributed by atoms with Crippen LogP contribution in [-0.2, 0) is 4.74 Å². The second-order valence-electron chi connectivity index (χ2n) is 7.13. The van der Waals surface area contributed by atoms with E-state index < -0.39 is 6.09 Å². The number of fused-ring (bicyclic) bond motifs is 3. The standard InChI is InChI=1S/C23H22BN3O2S/c24-14-11-20(25)22(21(26)12-14)30-10-9-27-23(28)29-13-19-17-7-3-1-5-15(17)16-6-2-4-8-18(16)19/h1-8,11-12,19H,9-10,13,25-26H2,(H,27,28). The molecule has 4 rings (SSSR count). The van der Waals surface area contributed by atoms with Gasteiger partial charge in [0.15, 0.2) is 0 Å². The van der Waals surface area contributed by atoms with Gasteiger partial charge in [-0.2, -0.15) is 0 Å². The number of amides is 1. The smallest absolute Gasteiger partial charge is 0.407 e. The molecule has 0 atom stereocenters. The molecular formula is C23H22BN3O2S. The van der Waals surface area contributed by atoms with Gasteiger partial charge in [0.05, 0.1) is 4.90 Å². The van der Waals surface area contributed by atoms with E-state index in [1.54, 1.807) is 12.1 Å².